The van der Waals surface area contributed by atoms with Crippen LogP contribution < -0.4 is 15.8 Å². The number of aromatic nitrogens is 1. The zero-order chi connectivity index (χ0) is 20.4. The van der Waals surface area contributed by atoms with E-state index in [0.717, 1.165) is 10.9 Å². The first-order valence-corrected chi connectivity index (χ1v) is 9.56. The zero-order valence-electron chi connectivity index (χ0n) is 15.1. The number of halogens is 1. The number of allylic oxidation sites excluding steroid dienone is 3. The maximum absolute atomic E-state index is 9.57. The van der Waals surface area contributed by atoms with Crippen molar-refractivity contribution in [2.24, 2.45) is 0 Å². The van der Waals surface area contributed by atoms with E-state index < -0.39 is 0 Å². The van der Waals surface area contributed by atoms with Crippen LogP contribution in [-0.4, -0.2) is 9.85 Å². The largest absolute Gasteiger partial charge is 0.455 e. The molecule has 0 saturated heterocycles. The summed E-state index contributed by atoms with van der Waals surface area (Å²) in [4.78, 5) is 5.02. The second-order valence-corrected chi connectivity index (χ2v) is 7.28. The zero-order valence-corrected chi connectivity index (χ0v) is 16.7. The molecule has 2 aromatic carbocycles. The molecule has 5 nitrogen and oxygen atoms in total. The highest BCUT2D eigenvalue weighted by molar-refractivity contribution is 7.81. The summed E-state index contributed by atoms with van der Waals surface area (Å²) < 4.78 is 6.04. The fourth-order valence-corrected chi connectivity index (χ4v) is 3.30. The molecule has 29 heavy (non-hydrogen) atoms. The molecule has 3 aromatic rings. The van der Waals surface area contributed by atoms with Gasteiger partial charge in [0.05, 0.1) is 27.5 Å². The molecule has 0 amide bonds. The van der Waals surface area contributed by atoms with Crippen molar-refractivity contribution in [2.45, 2.75) is 6.42 Å². The molecule has 0 atom stereocenters. The number of ether oxygens (including phenoxy) is 1. The number of hydrogen-bond donors (Lipinski definition) is 2. The topological polar surface area (TPSA) is 84.0 Å². The summed E-state index contributed by atoms with van der Waals surface area (Å²) in [6.45, 7) is 0. The number of nitrogens with one attached hydrogen (secondary N) is 1. The van der Waals surface area contributed by atoms with Crippen LogP contribution in [0.5, 0.6) is 5.75 Å². The van der Waals surface area contributed by atoms with Crippen LogP contribution in [0.3, 0.4) is 0 Å². The number of nitrogen functional groups attached to an aromatic ring is 1. The lowest BCUT2D eigenvalue weighted by Gasteiger charge is -2.17. The summed E-state index contributed by atoms with van der Waals surface area (Å²) >= 11 is 11.3. The van der Waals surface area contributed by atoms with Crippen LogP contribution in [0, 0.1) is 11.3 Å². The number of nitrogens with zero attached hydrogens (tertiary/aromatic N) is 2. The molecule has 1 heterocycles. The van der Waals surface area contributed by atoms with Gasteiger partial charge in [0.1, 0.15) is 11.8 Å². The van der Waals surface area contributed by atoms with Crippen molar-refractivity contribution < 1.29 is 4.74 Å². The van der Waals surface area contributed by atoms with Crippen molar-refractivity contribution in [3.05, 3.63) is 77.2 Å². The third-order valence-electron chi connectivity index (χ3n) is 4.41. The Morgan fingerprint density at radius 2 is 2.07 bits per heavy atom. The monoisotopic (exact) mass is 418 g/mol. The first kappa shape index (κ1) is 18.9. The maximum Gasteiger partial charge on any atom is 0.150 e. The second kappa shape index (κ2) is 7.92. The molecule has 1 aliphatic carbocycles. The number of pyridine rings is 1. The number of para-hydroxylation sites is 2. The molecule has 0 fully saturated rings. The highest BCUT2D eigenvalue weighted by Crippen LogP contribution is 2.35. The summed E-state index contributed by atoms with van der Waals surface area (Å²) in [7, 11) is 0. The second-order valence-electron chi connectivity index (χ2n) is 6.38. The summed E-state index contributed by atoms with van der Waals surface area (Å²) in [6.07, 6.45) is 5.68. The molecular weight excluding hydrogens is 404 g/mol. The number of nitrogens with two attached hydrogens (primary N) is 1. The Morgan fingerprint density at radius 1 is 1.24 bits per heavy atom. The van der Waals surface area contributed by atoms with Crippen molar-refractivity contribution in [2.75, 3.05) is 11.1 Å². The highest BCUT2D eigenvalue weighted by Gasteiger charge is 2.15. The summed E-state index contributed by atoms with van der Waals surface area (Å²) in [5, 5.41) is 14.2. The van der Waals surface area contributed by atoms with E-state index in [2.05, 4.69) is 16.4 Å². The van der Waals surface area contributed by atoms with E-state index in [0.29, 0.717) is 50.5 Å². The number of anilines is 3. The predicted octanol–water partition coefficient (Wildman–Crippen LogP) is 5.59. The average Bonchev–Trinajstić information content (AvgIpc) is 2.72. The first-order chi connectivity index (χ1) is 14.0. The van der Waals surface area contributed by atoms with Crippen molar-refractivity contribution >= 4 is 56.6 Å². The number of benzene rings is 2. The SMILES string of the molecule is N#Cc1cnc2ccc(N)cc2c1Nc1ccccc1OC1=CCC(=S)C(Cl)=C1. The van der Waals surface area contributed by atoms with Gasteiger partial charge in [0.25, 0.3) is 0 Å². The van der Waals surface area contributed by atoms with Gasteiger partial charge < -0.3 is 15.8 Å². The molecule has 3 N–H and O–H groups in total. The quantitative estimate of drug-likeness (QED) is 0.424. The fraction of sp³-hybridized carbons (Fsp3) is 0.0455. The third-order valence-corrected chi connectivity index (χ3v) is 5.25. The Bertz CT molecular complexity index is 1240. The molecule has 1 aromatic heterocycles. The Kier molecular flexibility index (Phi) is 5.17. The first-order valence-electron chi connectivity index (χ1n) is 8.78. The molecule has 0 saturated carbocycles. The number of nitriles is 1. The lowest BCUT2D eigenvalue weighted by atomic mass is 10.1. The van der Waals surface area contributed by atoms with Crippen LogP contribution in [0.4, 0.5) is 17.1 Å². The van der Waals surface area contributed by atoms with Crippen LogP contribution in [0.1, 0.15) is 12.0 Å². The number of fused-ring (bicyclic) bond motifs is 1. The van der Waals surface area contributed by atoms with Gasteiger partial charge >= 0.3 is 0 Å². The van der Waals surface area contributed by atoms with Gasteiger partial charge in [-0.15, -0.1) is 0 Å². The molecule has 0 radical (unpaired) electrons. The minimum Gasteiger partial charge on any atom is -0.455 e. The molecule has 0 unspecified atom stereocenters. The number of hydrogen-bond acceptors (Lipinski definition) is 6. The van der Waals surface area contributed by atoms with Crippen LogP contribution in [0.25, 0.3) is 10.9 Å². The lowest BCUT2D eigenvalue weighted by molar-refractivity contribution is 0.444. The van der Waals surface area contributed by atoms with E-state index in [1.165, 1.54) is 6.20 Å². The van der Waals surface area contributed by atoms with Gasteiger partial charge in [0.15, 0.2) is 5.75 Å². The van der Waals surface area contributed by atoms with Crippen molar-refractivity contribution in [3.63, 3.8) is 0 Å². The summed E-state index contributed by atoms with van der Waals surface area (Å²) in [6, 6.07) is 15.0. The van der Waals surface area contributed by atoms with Gasteiger partial charge in [-0.05, 0) is 36.4 Å². The molecule has 142 valence electrons. The Labute approximate surface area is 178 Å². The molecule has 7 heteroatoms. The highest BCUT2D eigenvalue weighted by atomic mass is 35.5. The molecule has 0 aliphatic heterocycles. The van der Waals surface area contributed by atoms with Crippen LogP contribution in [-0.2, 0) is 0 Å². The fourth-order valence-electron chi connectivity index (χ4n) is 2.98. The van der Waals surface area contributed by atoms with Crippen molar-refractivity contribution in [3.8, 4) is 11.8 Å². The molecular formula is C22H15ClN4OS. The minimum atomic E-state index is 0.406. The van der Waals surface area contributed by atoms with Gasteiger partial charge in [-0.1, -0.05) is 36.0 Å². The van der Waals surface area contributed by atoms with Gasteiger partial charge in [-0.3, -0.25) is 4.98 Å². The van der Waals surface area contributed by atoms with E-state index >= 15 is 0 Å². The predicted molar refractivity (Wildman–Crippen MR) is 120 cm³/mol. The van der Waals surface area contributed by atoms with Gasteiger partial charge in [0, 0.05) is 34.6 Å². The van der Waals surface area contributed by atoms with Gasteiger partial charge in [-0.2, -0.15) is 5.26 Å². The van der Waals surface area contributed by atoms with Crippen LogP contribution in [0.15, 0.2) is 71.6 Å². The van der Waals surface area contributed by atoms with Crippen LogP contribution in [0.2, 0.25) is 0 Å². The Morgan fingerprint density at radius 3 is 2.86 bits per heavy atom. The smallest absolute Gasteiger partial charge is 0.150 e. The Balaban J connectivity index is 1.74. The van der Waals surface area contributed by atoms with E-state index in [-0.39, 0.29) is 0 Å². The average molecular weight is 419 g/mol. The number of thiocarbonyl (C=S) groups is 1. The van der Waals surface area contributed by atoms with Crippen molar-refractivity contribution in [1.29, 1.82) is 5.26 Å². The van der Waals surface area contributed by atoms with Crippen LogP contribution >= 0.6 is 23.8 Å². The normalized spacial score (nSPS) is 13.4. The molecule has 0 bridgehead atoms. The maximum atomic E-state index is 9.57. The number of rotatable bonds is 4. The minimum absolute atomic E-state index is 0.406. The lowest BCUT2D eigenvalue weighted by Crippen LogP contribution is -2.05. The van der Waals surface area contributed by atoms with Crippen molar-refractivity contribution in [1.82, 2.24) is 4.98 Å². The molecule has 1 aliphatic rings. The standard InChI is InChI=1S/C22H15ClN4OS/c23-17-10-15(6-8-21(17)29)28-20-4-2-1-3-19(20)27-22-13(11-24)12-26-18-7-5-14(25)9-16(18)22/h1-7,9-10,12H,8,25H2,(H,26,27). The van der Waals surface area contributed by atoms with E-state index in [4.69, 9.17) is 34.3 Å². The summed E-state index contributed by atoms with van der Waals surface area (Å²) in [5.74, 6) is 1.20. The van der Waals surface area contributed by atoms with E-state index in [9.17, 15) is 5.26 Å². The van der Waals surface area contributed by atoms with Gasteiger partial charge in [0.2, 0.25) is 0 Å². The van der Waals surface area contributed by atoms with Gasteiger partial charge in [-0.25, -0.2) is 0 Å². The Hall–Kier alpha value is -3.40. The summed E-state index contributed by atoms with van der Waals surface area (Å²) in [5.41, 5.74) is 8.99. The molecule has 0 spiro atoms. The van der Waals surface area contributed by atoms with E-state index in [1.807, 2.05) is 36.4 Å². The van der Waals surface area contributed by atoms with E-state index in [1.54, 1.807) is 18.2 Å². The molecule has 4 rings (SSSR count). The third kappa shape index (κ3) is 3.92.